The lowest BCUT2D eigenvalue weighted by Gasteiger charge is -2.31. The van der Waals surface area contributed by atoms with Crippen LogP contribution in [0.15, 0.2) is 36.4 Å². The molecule has 25 heavy (non-hydrogen) atoms. The molecule has 1 saturated carbocycles. The summed E-state index contributed by atoms with van der Waals surface area (Å²) < 4.78 is 0. The number of ketones is 1. The lowest BCUT2D eigenvalue weighted by atomic mass is 9.78. The summed E-state index contributed by atoms with van der Waals surface area (Å²) in [6, 6.07) is 13.7. The van der Waals surface area contributed by atoms with Gasteiger partial charge in [0.15, 0.2) is 5.78 Å². The second-order valence-electron chi connectivity index (χ2n) is 7.63. The number of carbonyl (C=O) groups is 1. The Hall–Kier alpha value is -2.18. The fourth-order valence-corrected chi connectivity index (χ4v) is 4.10. The number of hydrogen-bond acceptors (Lipinski definition) is 3. The van der Waals surface area contributed by atoms with Crippen molar-refractivity contribution < 1.29 is 4.79 Å². The van der Waals surface area contributed by atoms with Crippen molar-refractivity contribution in [3.05, 3.63) is 47.5 Å². The van der Waals surface area contributed by atoms with E-state index in [0.29, 0.717) is 11.5 Å². The molecule has 1 N–H and O–H groups in total. The van der Waals surface area contributed by atoms with Gasteiger partial charge in [-0.15, -0.1) is 0 Å². The van der Waals surface area contributed by atoms with Gasteiger partial charge in [0, 0.05) is 18.0 Å². The molecule has 4 rings (SSSR count). The molecule has 1 aliphatic heterocycles. The molecular formula is C22H24N2O. The molecule has 0 spiro atoms. The first-order valence-electron chi connectivity index (χ1n) is 9.43. The van der Waals surface area contributed by atoms with Crippen LogP contribution in [-0.2, 0) is 0 Å². The second-order valence-corrected chi connectivity index (χ2v) is 7.63. The minimum absolute atomic E-state index is 0.100. The van der Waals surface area contributed by atoms with E-state index >= 15 is 0 Å². The summed E-state index contributed by atoms with van der Waals surface area (Å²) in [5, 5.41) is 14.5. The van der Waals surface area contributed by atoms with Gasteiger partial charge in [0.2, 0.25) is 0 Å². The summed E-state index contributed by atoms with van der Waals surface area (Å²) in [5.74, 6) is 1.83. The maximum atomic E-state index is 13.1. The van der Waals surface area contributed by atoms with Crippen LogP contribution in [0, 0.1) is 29.1 Å². The molecule has 128 valence electrons. The molecule has 2 unspecified atom stereocenters. The van der Waals surface area contributed by atoms with E-state index in [1.54, 1.807) is 0 Å². The van der Waals surface area contributed by atoms with Gasteiger partial charge in [0.05, 0.1) is 11.6 Å². The third kappa shape index (κ3) is 3.60. The van der Waals surface area contributed by atoms with E-state index in [4.69, 9.17) is 5.26 Å². The zero-order chi connectivity index (χ0) is 17.2. The van der Waals surface area contributed by atoms with Gasteiger partial charge in [-0.2, -0.15) is 5.26 Å². The first-order chi connectivity index (χ1) is 12.2. The van der Waals surface area contributed by atoms with Crippen LogP contribution >= 0.6 is 0 Å². The lowest BCUT2D eigenvalue weighted by molar-refractivity contribution is 0.0831. The molecule has 1 aliphatic carbocycles. The Kier molecular flexibility index (Phi) is 4.55. The van der Waals surface area contributed by atoms with Crippen molar-refractivity contribution in [1.29, 1.82) is 5.26 Å². The fourth-order valence-electron chi connectivity index (χ4n) is 4.10. The molecule has 2 aromatic rings. The van der Waals surface area contributed by atoms with Gasteiger partial charge in [-0.05, 0) is 60.2 Å². The van der Waals surface area contributed by atoms with E-state index in [1.165, 1.54) is 25.7 Å². The zero-order valence-electron chi connectivity index (χ0n) is 14.5. The second kappa shape index (κ2) is 6.98. The van der Waals surface area contributed by atoms with Gasteiger partial charge < -0.3 is 5.32 Å². The highest BCUT2D eigenvalue weighted by Crippen LogP contribution is 2.37. The monoisotopic (exact) mass is 332 g/mol. The predicted molar refractivity (Wildman–Crippen MR) is 99.4 cm³/mol. The number of piperidine rings is 1. The standard InChI is InChI=1S/C22H24N2O/c23-13-16-4-6-19-12-20(8-7-18(19)11-16)22(25)21-14-24-10-9-17(21)5-3-15-1-2-15/h4,6-8,11-12,15,17,21,24H,1-3,5,9-10,14H2. The van der Waals surface area contributed by atoms with Gasteiger partial charge >= 0.3 is 0 Å². The molecular weight excluding hydrogens is 308 g/mol. The quantitative estimate of drug-likeness (QED) is 0.830. The molecule has 0 radical (unpaired) electrons. The van der Waals surface area contributed by atoms with Crippen molar-refractivity contribution in [3.8, 4) is 6.07 Å². The molecule has 2 aliphatic rings. The third-order valence-electron chi connectivity index (χ3n) is 5.86. The highest BCUT2D eigenvalue weighted by Gasteiger charge is 2.33. The molecule has 3 nitrogen and oxygen atoms in total. The molecule has 3 heteroatoms. The fraction of sp³-hybridized carbons (Fsp3) is 0.455. The maximum Gasteiger partial charge on any atom is 0.167 e. The summed E-state index contributed by atoms with van der Waals surface area (Å²) in [7, 11) is 0. The average molecular weight is 332 g/mol. The molecule has 0 bridgehead atoms. The number of fused-ring (bicyclic) bond motifs is 1. The Labute approximate surface area is 149 Å². The number of nitriles is 1. The van der Waals surface area contributed by atoms with Crippen LogP contribution in [0.4, 0.5) is 0 Å². The number of Topliss-reactive ketones (excluding diaryl/α,β-unsaturated/α-hetero) is 1. The van der Waals surface area contributed by atoms with Crippen LogP contribution in [0.3, 0.4) is 0 Å². The van der Waals surface area contributed by atoms with E-state index < -0.39 is 0 Å². The van der Waals surface area contributed by atoms with Crippen LogP contribution < -0.4 is 5.32 Å². The first-order valence-corrected chi connectivity index (χ1v) is 9.43. The van der Waals surface area contributed by atoms with Crippen LogP contribution in [0.2, 0.25) is 0 Å². The SMILES string of the molecule is N#Cc1ccc2cc(C(=O)C3CNCCC3CCC3CC3)ccc2c1. The van der Waals surface area contributed by atoms with Gasteiger partial charge in [0.1, 0.15) is 0 Å². The van der Waals surface area contributed by atoms with Gasteiger partial charge in [-0.25, -0.2) is 0 Å². The van der Waals surface area contributed by atoms with E-state index in [-0.39, 0.29) is 11.7 Å². The smallest absolute Gasteiger partial charge is 0.167 e. The molecule has 1 heterocycles. The van der Waals surface area contributed by atoms with E-state index in [1.807, 2.05) is 36.4 Å². The topological polar surface area (TPSA) is 52.9 Å². The van der Waals surface area contributed by atoms with Crippen LogP contribution in [0.25, 0.3) is 10.8 Å². The van der Waals surface area contributed by atoms with Crippen molar-refractivity contribution in [1.82, 2.24) is 5.32 Å². The van der Waals surface area contributed by atoms with E-state index in [0.717, 1.165) is 41.8 Å². The number of rotatable bonds is 5. The number of benzene rings is 2. The van der Waals surface area contributed by atoms with E-state index in [2.05, 4.69) is 11.4 Å². The Morgan fingerprint density at radius 3 is 2.68 bits per heavy atom. The summed E-state index contributed by atoms with van der Waals surface area (Å²) in [6.07, 6.45) is 6.38. The molecule has 0 amide bonds. The molecule has 2 atom stereocenters. The van der Waals surface area contributed by atoms with Crippen LogP contribution in [0.5, 0.6) is 0 Å². The molecule has 2 fully saturated rings. The van der Waals surface area contributed by atoms with Crippen molar-refractivity contribution in [2.24, 2.45) is 17.8 Å². The lowest BCUT2D eigenvalue weighted by Crippen LogP contribution is -2.41. The minimum Gasteiger partial charge on any atom is -0.316 e. The van der Waals surface area contributed by atoms with Gasteiger partial charge in [-0.1, -0.05) is 37.5 Å². The van der Waals surface area contributed by atoms with Crippen molar-refractivity contribution >= 4 is 16.6 Å². The first kappa shape index (κ1) is 16.3. The van der Waals surface area contributed by atoms with Crippen molar-refractivity contribution in [2.45, 2.75) is 32.1 Å². The maximum absolute atomic E-state index is 13.1. The number of hydrogen-bond donors (Lipinski definition) is 1. The van der Waals surface area contributed by atoms with Crippen molar-refractivity contribution in [3.63, 3.8) is 0 Å². The Morgan fingerprint density at radius 1 is 1.08 bits per heavy atom. The summed E-state index contributed by atoms with van der Waals surface area (Å²) in [5.41, 5.74) is 1.46. The van der Waals surface area contributed by atoms with Crippen molar-refractivity contribution in [2.75, 3.05) is 13.1 Å². The Bertz CT molecular complexity index is 832. The molecule has 2 aromatic carbocycles. The number of nitrogens with one attached hydrogen (secondary N) is 1. The summed E-state index contributed by atoms with van der Waals surface area (Å²) in [4.78, 5) is 13.1. The molecule has 1 saturated heterocycles. The number of nitrogens with zero attached hydrogens (tertiary/aromatic N) is 1. The normalized spacial score (nSPS) is 23.3. The third-order valence-corrected chi connectivity index (χ3v) is 5.86. The van der Waals surface area contributed by atoms with E-state index in [9.17, 15) is 4.79 Å². The molecule has 0 aromatic heterocycles. The minimum atomic E-state index is 0.100. The average Bonchev–Trinajstić information content (AvgIpc) is 3.49. The highest BCUT2D eigenvalue weighted by atomic mass is 16.1. The Morgan fingerprint density at radius 2 is 1.88 bits per heavy atom. The zero-order valence-corrected chi connectivity index (χ0v) is 14.5. The predicted octanol–water partition coefficient (Wildman–Crippen LogP) is 4.31. The highest BCUT2D eigenvalue weighted by molar-refractivity contribution is 6.01. The Balaban J connectivity index is 1.55. The number of carbonyl (C=O) groups excluding carboxylic acids is 1. The van der Waals surface area contributed by atoms with Gasteiger partial charge in [-0.3, -0.25) is 4.79 Å². The summed E-state index contributed by atoms with van der Waals surface area (Å²) in [6.45, 7) is 1.84. The summed E-state index contributed by atoms with van der Waals surface area (Å²) >= 11 is 0. The largest absolute Gasteiger partial charge is 0.316 e. The van der Waals surface area contributed by atoms with Crippen LogP contribution in [-0.4, -0.2) is 18.9 Å². The van der Waals surface area contributed by atoms with Gasteiger partial charge in [0.25, 0.3) is 0 Å². The van der Waals surface area contributed by atoms with Crippen LogP contribution in [0.1, 0.15) is 48.0 Å².